The lowest BCUT2D eigenvalue weighted by molar-refractivity contribution is 0.0702. The van der Waals surface area contributed by atoms with Crippen LogP contribution in [0.5, 0.6) is 0 Å². The molecule has 0 aliphatic carbocycles. The van der Waals surface area contributed by atoms with Gasteiger partial charge in [0.2, 0.25) is 10.0 Å². The van der Waals surface area contributed by atoms with Crippen LogP contribution in [-0.2, 0) is 10.0 Å². The highest BCUT2D eigenvalue weighted by Gasteiger charge is 2.28. The lowest BCUT2D eigenvalue weighted by Crippen LogP contribution is -2.34. The first-order valence-electron chi connectivity index (χ1n) is 5.53. The number of aromatic carboxylic acids is 1. The summed E-state index contributed by atoms with van der Waals surface area (Å²) in [6.07, 6.45) is 0.699. The van der Waals surface area contributed by atoms with Crippen molar-refractivity contribution in [2.45, 2.75) is 38.1 Å². The van der Waals surface area contributed by atoms with Crippen LogP contribution in [0.2, 0.25) is 0 Å². The van der Waals surface area contributed by atoms with Gasteiger partial charge < -0.3 is 5.11 Å². The van der Waals surface area contributed by atoms with E-state index in [0.29, 0.717) is 11.3 Å². The molecule has 5 nitrogen and oxygen atoms in total. The van der Waals surface area contributed by atoms with Crippen LogP contribution < -0.4 is 0 Å². The van der Waals surface area contributed by atoms with Gasteiger partial charge in [-0.15, -0.1) is 11.3 Å². The first-order chi connectivity index (χ1) is 8.21. The van der Waals surface area contributed by atoms with Gasteiger partial charge in [-0.2, -0.15) is 4.31 Å². The monoisotopic (exact) mass is 291 g/mol. The highest BCUT2D eigenvalue weighted by atomic mass is 32.2. The molecule has 7 heteroatoms. The van der Waals surface area contributed by atoms with E-state index in [0.717, 1.165) is 11.3 Å². The van der Waals surface area contributed by atoms with Gasteiger partial charge in [0.1, 0.15) is 4.88 Å². The maximum absolute atomic E-state index is 12.3. The molecule has 102 valence electrons. The minimum absolute atomic E-state index is 0.0450. The molecular formula is C11H17NO4S2. The van der Waals surface area contributed by atoms with Crippen molar-refractivity contribution < 1.29 is 18.3 Å². The normalized spacial score (nSPS) is 13.8. The fourth-order valence-corrected chi connectivity index (χ4v) is 4.31. The summed E-state index contributed by atoms with van der Waals surface area (Å²) < 4.78 is 25.9. The average Bonchev–Trinajstić information content (AvgIpc) is 2.70. The second-order valence-electron chi connectivity index (χ2n) is 4.11. The average molecular weight is 291 g/mol. The molecule has 1 aromatic rings. The Morgan fingerprint density at radius 3 is 2.50 bits per heavy atom. The molecule has 0 amide bonds. The summed E-state index contributed by atoms with van der Waals surface area (Å²) in [6.45, 7) is 5.34. The molecule has 0 saturated carbocycles. The number of rotatable bonds is 5. The second-order valence-corrected chi connectivity index (χ2v) is 7.34. The van der Waals surface area contributed by atoms with Crippen molar-refractivity contribution in [1.29, 1.82) is 0 Å². The van der Waals surface area contributed by atoms with Crippen molar-refractivity contribution in [3.8, 4) is 0 Å². The Bertz CT molecular complexity index is 547. The zero-order valence-electron chi connectivity index (χ0n) is 10.8. The molecule has 0 aliphatic rings. The molecule has 0 spiro atoms. The Kier molecular flexibility index (Phi) is 4.52. The number of nitrogens with zero attached hydrogens (tertiary/aromatic N) is 1. The first-order valence-corrected chi connectivity index (χ1v) is 7.79. The van der Waals surface area contributed by atoms with Crippen molar-refractivity contribution in [2.75, 3.05) is 7.05 Å². The van der Waals surface area contributed by atoms with Crippen LogP contribution in [0.15, 0.2) is 11.0 Å². The molecule has 0 bridgehead atoms. The number of carboxylic acids is 1. The number of thiophene rings is 1. The van der Waals surface area contributed by atoms with Gasteiger partial charge in [-0.25, -0.2) is 13.2 Å². The van der Waals surface area contributed by atoms with Gasteiger partial charge in [-0.1, -0.05) is 6.92 Å². The Hall–Kier alpha value is -0.920. The molecule has 0 aliphatic heterocycles. The maximum Gasteiger partial charge on any atom is 0.345 e. The number of sulfonamides is 1. The summed E-state index contributed by atoms with van der Waals surface area (Å²) in [5.74, 6) is -1.10. The molecular weight excluding hydrogens is 274 g/mol. The Morgan fingerprint density at radius 1 is 1.56 bits per heavy atom. The number of aryl methyl sites for hydroxylation is 1. The quantitative estimate of drug-likeness (QED) is 0.902. The molecule has 1 heterocycles. The summed E-state index contributed by atoms with van der Waals surface area (Å²) in [5, 5.41) is 8.88. The summed E-state index contributed by atoms with van der Waals surface area (Å²) in [4.78, 5) is 11.5. The van der Waals surface area contributed by atoms with Gasteiger partial charge in [0, 0.05) is 18.0 Å². The van der Waals surface area contributed by atoms with Crippen molar-refractivity contribution >= 4 is 27.3 Å². The van der Waals surface area contributed by atoms with Gasteiger partial charge in [-0.05, 0) is 26.3 Å². The Balaban J connectivity index is 3.24. The van der Waals surface area contributed by atoms with Crippen LogP contribution in [0.25, 0.3) is 0 Å². The highest BCUT2D eigenvalue weighted by Crippen LogP contribution is 2.28. The summed E-state index contributed by atoms with van der Waals surface area (Å²) in [6, 6.07) is 1.11. The minimum atomic E-state index is -3.61. The van der Waals surface area contributed by atoms with Gasteiger partial charge in [0.25, 0.3) is 0 Å². The lowest BCUT2D eigenvalue weighted by Gasteiger charge is -2.22. The van der Waals surface area contributed by atoms with Crippen molar-refractivity contribution in [2.24, 2.45) is 0 Å². The summed E-state index contributed by atoms with van der Waals surface area (Å²) in [5.41, 5.74) is 0. The number of hydrogen-bond acceptors (Lipinski definition) is 4. The zero-order valence-corrected chi connectivity index (χ0v) is 12.4. The van der Waals surface area contributed by atoms with Crippen LogP contribution in [0, 0.1) is 6.92 Å². The fourth-order valence-electron chi connectivity index (χ4n) is 1.48. The second kappa shape index (κ2) is 5.38. The third-order valence-corrected chi connectivity index (χ3v) is 6.22. The van der Waals surface area contributed by atoms with E-state index in [2.05, 4.69) is 0 Å². The fraction of sp³-hybridized carbons (Fsp3) is 0.545. The predicted octanol–water partition coefficient (Wildman–Crippen LogP) is 2.17. The zero-order chi connectivity index (χ0) is 14.1. The molecule has 1 atom stereocenters. The summed E-state index contributed by atoms with van der Waals surface area (Å²) in [7, 11) is -2.10. The molecule has 0 saturated heterocycles. The van der Waals surface area contributed by atoms with E-state index in [4.69, 9.17) is 5.11 Å². The van der Waals surface area contributed by atoms with E-state index in [9.17, 15) is 13.2 Å². The summed E-state index contributed by atoms with van der Waals surface area (Å²) >= 11 is 0.981. The third kappa shape index (κ3) is 2.73. The first kappa shape index (κ1) is 15.1. The van der Waals surface area contributed by atoms with E-state index >= 15 is 0 Å². The van der Waals surface area contributed by atoms with Crippen molar-refractivity contribution in [1.82, 2.24) is 4.31 Å². The molecule has 0 aromatic carbocycles. The van der Waals surface area contributed by atoms with E-state index in [1.54, 1.807) is 6.92 Å². The molecule has 1 rings (SSSR count). The molecule has 0 fully saturated rings. The van der Waals surface area contributed by atoms with E-state index in [1.807, 2.05) is 13.8 Å². The predicted molar refractivity (Wildman–Crippen MR) is 70.7 cm³/mol. The number of hydrogen-bond donors (Lipinski definition) is 1. The van der Waals surface area contributed by atoms with Crippen LogP contribution in [0.3, 0.4) is 0 Å². The minimum Gasteiger partial charge on any atom is -0.477 e. The van der Waals surface area contributed by atoms with Crippen LogP contribution in [-0.4, -0.2) is 36.9 Å². The van der Waals surface area contributed by atoms with Crippen molar-refractivity contribution in [3.05, 3.63) is 15.8 Å². The SMILES string of the molecule is CCC(C)N(C)S(=O)(=O)c1cc(C(=O)O)sc1C. The smallest absolute Gasteiger partial charge is 0.345 e. The molecule has 1 N–H and O–H groups in total. The van der Waals surface area contributed by atoms with Gasteiger partial charge in [0.15, 0.2) is 0 Å². The highest BCUT2D eigenvalue weighted by molar-refractivity contribution is 7.89. The molecule has 0 radical (unpaired) electrons. The Labute approximate surface area is 111 Å². The molecule has 1 aromatic heterocycles. The van der Waals surface area contributed by atoms with Crippen LogP contribution >= 0.6 is 11.3 Å². The maximum atomic E-state index is 12.3. The van der Waals surface area contributed by atoms with Gasteiger partial charge >= 0.3 is 5.97 Å². The number of carboxylic acid groups (broad SMARTS) is 1. The van der Waals surface area contributed by atoms with E-state index in [-0.39, 0.29) is 15.8 Å². The van der Waals surface area contributed by atoms with Crippen LogP contribution in [0.4, 0.5) is 0 Å². The lowest BCUT2D eigenvalue weighted by atomic mass is 10.3. The molecule has 18 heavy (non-hydrogen) atoms. The van der Waals surface area contributed by atoms with E-state index in [1.165, 1.54) is 17.4 Å². The van der Waals surface area contributed by atoms with Gasteiger partial charge in [0.05, 0.1) is 4.90 Å². The number of carbonyl (C=O) groups is 1. The van der Waals surface area contributed by atoms with Gasteiger partial charge in [-0.3, -0.25) is 0 Å². The third-order valence-electron chi connectivity index (χ3n) is 2.95. The Morgan fingerprint density at radius 2 is 2.11 bits per heavy atom. The van der Waals surface area contributed by atoms with Crippen LogP contribution in [0.1, 0.15) is 34.8 Å². The largest absolute Gasteiger partial charge is 0.477 e. The standard InChI is InChI=1S/C11H17NO4S2/c1-5-7(2)12(4)18(15,16)10-6-9(11(13)14)17-8(10)3/h6-7H,5H2,1-4H3,(H,13,14). The topological polar surface area (TPSA) is 74.7 Å². The molecule has 1 unspecified atom stereocenters. The van der Waals surface area contributed by atoms with Crippen molar-refractivity contribution in [3.63, 3.8) is 0 Å². The van der Waals surface area contributed by atoms with E-state index < -0.39 is 16.0 Å².